The van der Waals surface area contributed by atoms with Crippen molar-refractivity contribution >= 4 is 9.84 Å². The van der Waals surface area contributed by atoms with Crippen LogP contribution in [0.4, 0.5) is 0 Å². The molecule has 0 aromatic heterocycles. The fourth-order valence-corrected chi connectivity index (χ4v) is 1.62. The molecule has 0 aliphatic heterocycles. The summed E-state index contributed by atoms with van der Waals surface area (Å²) in [6, 6.07) is 0. The largest absolute Gasteiger partial charge is 0.316 e. The lowest BCUT2D eigenvalue weighted by molar-refractivity contribution is 0.499. The molecule has 0 amide bonds. The molecule has 0 saturated heterocycles. The van der Waals surface area contributed by atoms with Crippen molar-refractivity contribution in [1.29, 1.82) is 0 Å². The highest BCUT2D eigenvalue weighted by Crippen LogP contribution is 1.97. The molecule has 0 bridgehead atoms. The van der Waals surface area contributed by atoms with E-state index in [1.807, 2.05) is 0 Å². The number of hydrogen-bond donors (Lipinski definition) is 1. The van der Waals surface area contributed by atoms with E-state index < -0.39 is 9.84 Å². The van der Waals surface area contributed by atoms with Crippen LogP contribution in [0, 0.1) is 5.92 Å². The van der Waals surface area contributed by atoms with Crippen molar-refractivity contribution in [2.45, 2.75) is 26.7 Å². The molecule has 0 radical (unpaired) electrons. The van der Waals surface area contributed by atoms with Crippen LogP contribution in [0.1, 0.15) is 26.7 Å². The third-order valence-corrected chi connectivity index (χ3v) is 3.09. The van der Waals surface area contributed by atoms with Gasteiger partial charge in [0.25, 0.3) is 0 Å². The molecule has 0 heterocycles. The Kier molecular flexibility index (Phi) is 6.33. The number of nitrogens with one attached hydrogen (secondary N) is 1. The molecule has 0 rings (SSSR count). The molecule has 1 N–H and O–H groups in total. The molecular weight excluding hydrogens is 186 g/mol. The first-order valence-electron chi connectivity index (χ1n) is 4.84. The molecule has 3 nitrogen and oxygen atoms in total. The van der Waals surface area contributed by atoms with Crippen LogP contribution in [0.2, 0.25) is 0 Å². The fourth-order valence-electron chi connectivity index (χ4n) is 0.952. The molecule has 1 unspecified atom stereocenters. The lowest BCUT2D eigenvalue weighted by atomic mass is 10.1. The molecular formula is C9H21NO2S. The standard InChI is InChI=1S/C9H21NO2S/c1-4-9(2)8-10-6-5-7-13(3,11)12/h9-10H,4-8H2,1-3H3. The van der Waals surface area contributed by atoms with Crippen LogP contribution in [0.25, 0.3) is 0 Å². The summed E-state index contributed by atoms with van der Waals surface area (Å²) in [5.74, 6) is 0.971. The van der Waals surface area contributed by atoms with Crippen LogP contribution in [0.15, 0.2) is 0 Å². The Morgan fingerprint density at radius 3 is 2.46 bits per heavy atom. The van der Waals surface area contributed by atoms with Crippen LogP contribution in [0.3, 0.4) is 0 Å². The van der Waals surface area contributed by atoms with Crippen molar-refractivity contribution in [1.82, 2.24) is 5.32 Å². The van der Waals surface area contributed by atoms with Gasteiger partial charge in [-0.1, -0.05) is 20.3 Å². The zero-order chi connectivity index (χ0) is 10.3. The average molecular weight is 207 g/mol. The van der Waals surface area contributed by atoms with E-state index in [2.05, 4.69) is 19.2 Å². The summed E-state index contributed by atoms with van der Waals surface area (Å²) in [4.78, 5) is 0. The molecule has 80 valence electrons. The van der Waals surface area contributed by atoms with E-state index in [0.717, 1.165) is 19.5 Å². The van der Waals surface area contributed by atoms with E-state index >= 15 is 0 Å². The van der Waals surface area contributed by atoms with E-state index in [0.29, 0.717) is 11.7 Å². The van der Waals surface area contributed by atoms with E-state index in [1.54, 1.807) is 0 Å². The predicted molar refractivity (Wildman–Crippen MR) is 56.7 cm³/mol. The topological polar surface area (TPSA) is 46.2 Å². The summed E-state index contributed by atoms with van der Waals surface area (Å²) >= 11 is 0. The first-order valence-corrected chi connectivity index (χ1v) is 6.90. The smallest absolute Gasteiger partial charge is 0.147 e. The maximum absolute atomic E-state index is 10.8. The van der Waals surface area contributed by atoms with Crippen molar-refractivity contribution in [3.05, 3.63) is 0 Å². The highest BCUT2D eigenvalue weighted by molar-refractivity contribution is 7.90. The number of hydrogen-bond acceptors (Lipinski definition) is 3. The molecule has 0 aliphatic carbocycles. The number of rotatable bonds is 7. The Morgan fingerprint density at radius 2 is 2.00 bits per heavy atom. The van der Waals surface area contributed by atoms with Gasteiger partial charge in [-0.2, -0.15) is 0 Å². The highest BCUT2D eigenvalue weighted by Gasteiger charge is 2.01. The van der Waals surface area contributed by atoms with Crippen molar-refractivity contribution < 1.29 is 8.42 Å². The second-order valence-electron chi connectivity index (χ2n) is 3.70. The molecule has 0 fully saturated rings. The Hall–Kier alpha value is -0.0900. The molecule has 1 atom stereocenters. The van der Waals surface area contributed by atoms with E-state index in [1.165, 1.54) is 12.7 Å². The quantitative estimate of drug-likeness (QED) is 0.635. The van der Waals surface area contributed by atoms with E-state index in [4.69, 9.17) is 0 Å². The summed E-state index contributed by atoms with van der Waals surface area (Å²) in [5.41, 5.74) is 0. The lowest BCUT2D eigenvalue weighted by Gasteiger charge is -2.09. The van der Waals surface area contributed by atoms with Crippen molar-refractivity contribution in [2.75, 3.05) is 25.1 Å². The van der Waals surface area contributed by atoms with Gasteiger partial charge in [0.05, 0.1) is 5.75 Å². The predicted octanol–water partition coefficient (Wildman–Crippen LogP) is 1.06. The zero-order valence-electron chi connectivity index (χ0n) is 8.84. The first kappa shape index (κ1) is 12.9. The normalized spacial score (nSPS) is 14.4. The second kappa shape index (κ2) is 6.38. The van der Waals surface area contributed by atoms with Gasteiger partial charge in [0, 0.05) is 6.26 Å². The molecule has 0 saturated carbocycles. The Labute approximate surface area is 81.8 Å². The Bertz CT molecular complexity index is 212. The van der Waals surface area contributed by atoms with Crippen LogP contribution in [-0.4, -0.2) is 33.5 Å². The van der Waals surface area contributed by atoms with E-state index in [9.17, 15) is 8.42 Å². The van der Waals surface area contributed by atoms with Gasteiger partial charge in [0.2, 0.25) is 0 Å². The minimum absolute atomic E-state index is 0.292. The highest BCUT2D eigenvalue weighted by atomic mass is 32.2. The van der Waals surface area contributed by atoms with Gasteiger partial charge >= 0.3 is 0 Å². The number of sulfone groups is 1. The maximum atomic E-state index is 10.8. The molecule has 0 aromatic carbocycles. The van der Waals surface area contributed by atoms with Crippen molar-refractivity contribution in [3.63, 3.8) is 0 Å². The van der Waals surface area contributed by atoms with Gasteiger partial charge in [0.15, 0.2) is 0 Å². The Balaban J connectivity index is 3.27. The molecule has 0 aromatic rings. The third kappa shape index (κ3) is 9.83. The molecule has 4 heteroatoms. The molecule has 0 spiro atoms. The van der Waals surface area contributed by atoms with Crippen LogP contribution >= 0.6 is 0 Å². The third-order valence-electron chi connectivity index (χ3n) is 2.06. The second-order valence-corrected chi connectivity index (χ2v) is 5.96. The average Bonchev–Trinajstić information content (AvgIpc) is 2.01. The summed E-state index contributed by atoms with van der Waals surface area (Å²) in [6.45, 7) is 6.13. The summed E-state index contributed by atoms with van der Waals surface area (Å²) in [7, 11) is -2.77. The fraction of sp³-hybridized carbons (Fsp3) is 1.00. The monoisotopic (exact) mass is 207 g/mol. The van der Waals surface area contributed by atoms with Gasteiger partial charge in [-0.25, -0.2) is 8.42 Å². The summed E-state index contributed by atoms with van der Waals surface area (Å²) in [5, 5.41) is 3.24. The van der Waals surface area contributed by atoms with E-state index in [-0.39, 0.29) is 0 Å². The van der Waals surface area contributed by atoms with Crippen molar-refractivity contribution in [2.24, 2.45) is 5.92 Å². The maximum Gasteiger partial charge on any atom is 0.147 e. The minimum atomic E-state index is -2.77. The van der Waals surface area contributed by atoms with Gasteiger partial charge in [0.1, 0.15) is 9.84 Å². The SMILES string of the molecule is CCC(C)CNCCCS(C)(=O)=O. The van der Waals surface area contributed by atoms with Crippen LogP contribution < -0.4 is 5.32 Å². The summed E-state index contributed by atoms with van der Waals surface area (Å²) in [6.07, 6.45) is 3.16. The van der Waals surface area contributed by atoms with Gasteiger partial charge in [-0.05, 0) is 25.4 Å². The lowest BCUT2D eigenvalue weighted by Crippen LogP contribution is -2.23. The molecule has 0 aliphatic rings. The van der Waals surface area contributed by atoms with Gasteiger partial charge in [-0.3, -0.25) is 0 Å². The summed E-state index contributed by atoms with van der Waals surface area (Å²) < 4.78 is 21.5. The zero-order valence-corrected chi connectivity index (χ0v) is 9.65. The Morgan fingerprint density at radius 1 is 1.38 bits per heavy atom. The van der Waals surface area contributed by atoms with Crippen LogP contribution in [0.5, 0.6) is 0 Å². The van der Waals surface area contributed by atoms with Gasteiger partial charge < -0.3 is 5.32 Å². The van der Waals surface area contributed by atoms with Crippen LogP contribution in [-0.2, 0) is 9.84 Å². The minimum Gasteiger partial charge on any atom is -0.316 e. The molecule has 13 heavy (non-hydrogen) atoms. The first-order chi connectivity index (χ1) is 5.95. The van der Waals surface area contributed by atoms with Crippen molar-refractivity contribution in [3.8, 4) is 0 Å². The van der Waals surface area contributed by atoms with Gasteiger partial charge in [-0.15, -0.1) is 0 Å².